The number of anilines is 1. The number of methoxy groups -OCH3 is 1. The maximum atomic E-state index is 6.60. The predicted octanol–water partition coefficient (Wildman–Crippen LogP) is 5.50. The molecule has 0 aliphatic carbocycles. The van der Waals surface area contributed by atoms with Gasteiger partial charge in [-0.2, -0.15) is 10.1 Å². The molecule has 2 aliphatic heterocycles. The Hall–Kier alpha value is -3.77. The van der Waals surface area contributed by atoms with Gasteiger partial charge in [-0.1, -0.05) is 54.1 Å². The molecule has 158 valence electrons. The molecule has 0 spiro atoms. The summed E-state index contributed by atoms with van der Waals surface area (Å²) in [4.78, 5) is 4.46. The summed E-state index contributed by atoms with van der Waals surface area (Å²) in [6, 6.07) is 23.7. The largest absolute Gasteiger partial charge is 0.497 e. The number of rotatable bonds is 3. The number of fused-ring (bicyclic) bond motifs is 3. The first-order valence-electron chi connectivity index (χ1n) is 10.3. The molecule has 6 nitrogen and oxygen atoms in total. The van der Waals surface area contributed by atoms with Crippen LogP contribution in [0.1, 0.15) is 28.8 Å². The van der Waals surface area contributed by atoms with Crippen LogP contribution in [0.5, 0.6) is 11.5 Å². The Morgan fingerprint density at radius 3 is 2.59 bits per heavy atom. The Morgan fingerprint density at radius 2 is 1.81 bits per heavy atom. The van der Waals surface area contributed by atoms with Crippen LogP contribution in [0.15, 0.2) is 84.7 Å². The van der Waals surface area contributed by atoms with Gasteiger partial charge in [-0.25, -0.2) is 4.68 Å². The molecular weight excluding hydrogens is 424 g/mol. The lowest BCUT2D eigenvalue weighted by Crippen LogP contribution is -2.32. The van der Waals surface area contributed by atoms with E-state index in [-0.39, 0.29) is 12.1 Å². The number of hydrogen-bond donors (Lipinski definition) is 1. The molecule has 3 aromatic carbocycles. The lowest BCUT2D eigenvalue weighted by atomic mass is 9.84. The van der Waals surface area contributed by atoms with Crippen molar-refractivity contribution in [1.29, 1.82) is 0 Å². The summed E-state index contributed by atoms with van der Waals surface area (Å²) in [5.74, 6) is 2.24. The van der Waals surface area contributed by atoms with Gasteiger partial charge in [0, 0.05) is 16.2 Å². The van der Waals surface area contributed by atoms with Crippen LogP contribution < -0.4 is 14.8 Å². The SMILES string of the molecule is COc1ccc([C@@H]2Oc3ccc(Cl)cc3C3=C2[C@H](c2ccccc2)n2ncnc2N3)cc1. The lowest BCUT2D eigenvalue weighted by molar-refractivity contribution is 0.223. The van der Waals surface area contributed by atoms with E-state index in [1.165, 1.54) is 0 Å². The van der Waals surface area contributed by atoms with Crippen molar-refractivity contribution in [2.75, 3.05) is 12.4 Å². The molecule has 0 saturated heterocycles. The minimum absolute atomic E-state index is 0.191. The van der Waals surface area contributed by atoms with Crippen LogP contribution in [0.4, 0.5) is 5.95 Å². The second-order valence-corrected chi connectivity index (χ2v) is 8.14. The second kappa shape index (κ2) is 7.43. The van der Waals surface area contributed by atoms with Crippen LogP contribution in [-0.4, -0.2) is 21.9 Å². The third kappa shape index (κ3) is 2.95. The Labute approximate surface area is 190 Å². The maximum absolute atomic E-state index is 6.60. The Bertz CT molecular complexity index is 1330. The highest BCUT2D eigenvalue weighted by molar-refractivity contribution is 6.30. The van der Waals surface area contributed by atoms with E-state index < -0.39 is 0 Å². The first kappa shape index (κ1) is 19.0. The van der Waals surface area contributed by atoms with Gasteiger partial charge in [0.05, 0.1) is 12.8 Å². The first-order chi connectivity index (χ1) is 15.7. The molecule has 1 aromatic heterocycles. The molecule has 0 unspecified atom stereocenters. The standard InChI is InChI=1S/C25H19ClN4O2/c1-31-18-10-7-16(8-11-18)24-21-22(19-13-17(26)9-12-20(19)32-24)29-25-27-14-28-30(25)23(21)15-5-3-2-4-6-15/h2-14,23-24H,1H3,(H,27,28,29)/t23-,24-/m0/s1. The molecule has 2 atom stereocenters. The maximum Gasteiger partial charge on any atom is 0.226 e. The van der Waals surface area contributed by atoms with E-state index in [1.54, 1.807) is 13.4 Å². The van der Waals surface area contributed by atoms with Crippen molar-refractivity contribution in [1.82, 2.24) is 14.8 Å². The molecule has 0 saturated carbocycles. The summed E-state index contributed by atoms with van der Waals surface area (Å²) in [6.07, 6.45) is 1.23. The molecule has 7 heteroatoms. The van der Waals surface area contributed by atoms with Crippen molar-refractivity contribution < 1.29 is 9.47 Å². The van der Waals surface area contributed by atoms with Crippen molar-refractivity contribution in [2.24, 2.45) is 0 Å². The van der Waals surface area contributed by atoms with Gasteiger partial charge in [0.1, 0.15) is 30.0 Å². The zero-order valence-electron chi connectivity index (χ0n) is 17.2. The number of nitrogens with zero attached hydrogens (tertiary/aromatic N) is 3. The van der Waals surface area contributed by atoms with E-state index in [4.69, 9.17) is 21.1 Å². The number of nitrogens with one attached hydrogen (secondary N) is 1. The summed E-state index contributed by atoms with van der Waals surface area (Å²) in [7, 11) is 1.66. The van der Waals surface area contributed by atoms with E-state index in [1.807, 2.05) is 65.3 Å². The number of ether oxygens (including phenoxy) is 2. The van der Waals surface area contributed by atoms with Gasteiger partial charge in [-0.15, -0.1) is 0 Å². The van der Waals surface area contributed by atoms with Crippen molar-refractivity contribution in [2.45, 2.75) is 12.1 Å². The monoisotopic (exact) mass is 442 g/mol. The summed E-state index contributed by atoms with van der Waals surface area (Å²) in [6.45, 7) is 0. The summed E-state index contributed by atoms with van der Waals surface area (Å²) in [5, 5.41) is 8.68. The van der Waals surface area contributed by atoms with Crippen molar-refractivity contribution >= 4 is 23.2 Å². The smallest absolute Gasteiger partial charge is 0.226 e. The molecule has 0 fully saturated rings. The summed E-state index contributed by atoms with van der Waals surface area (Å²) >= 11 is 6.37. The molecule has 2 aliphatic rings. The third-order valence-corrected chi connectivity index (χ3v) is 6.14. The molecule has 4 aromatic rings. The van der Waals surface area contributed by atoms with Crippen molar-refractivity contribution in [3.8, 4) is 11.5 Å². The number of aromatic nitrogens is 3. The van der Waals surface area contributed by atoms with Crippen LogP contribution in [0.25, 0.3) is 5.70 Å². The molecule has 3 heterocycles. The molecule has 1 N–H and O–H groups in total. The van der Waals surface area contributed by atoms with E-state index in [9.17, 15) is 0 Å². The summed E-state index contributed by atoms with van der Waals surface area (Å²) < 4.78 is 13.9. The highest BCUT2D eigenvalue weighted by Gasteiger charge is 2.40. The molecule has 0 amide bonds. The zero-order chi connectivity index (χ0) is 21.7. The lowest BCUT2D eigenvalue weighted by Gasteiger charge is -2.39. The summed E-state index contributed by atoms with van der Waals surface area (Å²) in [5.41, 5.74) is 5.02. The predicted molar refractivity (Wildman–Crippen MR) is 123 cm³/mol. The van der Waals surface area contributed by atoms with Crippen LogP contribution in [0, 0.1) is 0 Å². The van der Waals surface area contributed by atoms with Gasteiger partial charge < -0.3 is 14.8 Å². The Balaban J connectivity index is 1.61. The van der Waals surface area contributed by atoms with Gasteiger partial charge in [0.2, 0.25) is 5.95 Å². The molecule has 32 heavy (non-hydrogen) atoms. The zero-order valence-corrected chi connectivity index (χ0v) is 18.0. The highest BCUT2D eigenvalue weighted by atomic mass is 35.5. The Morgan fingerprint density at radius 1 is 1.00 bits per heavy atom. The molecular formula is C25H19ClN4O2. The number of hydrogen-bond acceptors (Lipinski definition) is 5. The third-order valence-electron chi connectivity index (χ3n) is 5.91. The fourth-order valence-electron chi connectivity index (χ4n) is 4.45. The highest BCUT2D eigenvalue weighted by Crippen LogP contribution is 2.51. The fraction of sp³-hybridized carbons (Fsp3) is 0.120. The van der Waals surface area contributed by atoms with E-state index >= 15 is 0 Å². The van der Waals surface area contributed by atoms with Crippen LogP contribution >= 0.6 is 11.6 Å². The number of halogens is 1. The Kier molecular flexibility index (Phi) is 4.40. The number of benzene rings is 3. The quantitative estimate of drug-likeness (QED) is 0.454. The normalized spacial score (nSPS) is 18.7. The van der Waals surface area contributed by atoms with Gasteiger partial charge in [-0.3, -0.25) is 0 Å². The van der Waals surface area contributed by atoms with Gasteiger partial charge in [-0.05, 0) is 41.5 Å². The van der Waals surface area contributed by atoms with Crippen LogP contribution in [0.3, 0.4) is 0 Å². The van der Waals surface area contributed by atoms with E-state index in [2.05, 4.69) is 27.5 Å². The van der Waals surface area contributed by atoms with Crippen molar-refractivity contribution in [3.05, 3.63) is 106 Å². The average molecular weight is 443 g/mol. The minimum Gasteiger partial charge on any atom is -0.497 e. The van der Waals surface area contributed by atoms with Gasteiger partial charge >= 0.3 is 0 Å². The fourth-order valence-corrected chi connectivity index (χ4v) is 4.62. The molecule has 0 radical (unpaired) electrons. The van der Waals surface area contributed by atoms with Crippen LogP contribution in [0.2, 0.25) is 5.02 Å². The van der Waals surface area contributed by atoms with Crippen LogP contribution in [-0.2, 0) is 0 Å². The van der Waals surface area contributed by atoms with Gasteiger partial charge in [0.15, 0.2) is 0 Å². The van der Waals surface area contributed by atoms with Crippen molar-refractivity contribution in [3.63, 3.8) is 0 Å². The van der Waals surface area contributed by atoms with E-state index in [0.29, 0.717) is 11.0 Å². The van der Waals surface area contributed by atoms with Gasteiger partial charge in [0.25, 0.3) is 0 Å². The minimum atomic E-state index is -0.334. The average Bonchev–Trinajstić information content (AvgIpc) is 3.31. The first-order valence-corrected chi connectivity index (χ1v) is 10.7. The second-order valence-electron chi connectivity index (χ2n) is 7.71. The molecule has 6 rings (SSSR count). The van der Waals surface area contributed by atoms with E-state index in [0.717, 1.165) is 39.5 Å². The topological polar surface area (TPSA) is 61.2 Å². The molecule has 0 bridgehead atoms.